The molecule has 0 radical (unpaired) electrons. The number of carbonyl (C=O) groups excluding carboxylic acids is 1. The van der Waals surface area contributed by atoms with Gasteiger partial charge in [0.15, 0.2) is 0 Å². The summed E-state index contributed by atoms with van der Waals surface area (Å²) in [5, 5.41) is 0.660. The molecule has 1 heterocycles. The highest BCUT2D eigenvalue weighted by Crippen LogP contribution is 2.26. The molecule has 0 spiro atoms. The van der Waals surface area contributed by atoms with Crippen molar-refractivity contribution >= 4 is 28.5 Å². The van der Waals surface area contributed by atoms with Crippen molar-refractivity contribution < 1.29 is 4.79 Å². The first-order valence-electron chi connectivity index (χ1n) is 10.1. The molecule has 0 aliphatic carbocycles. The summed E-state index contributed by atoms with van der Waals surface area (Å²) in [4.78, 5) is 20.0. The van der Waals surface area contributed by atoms with Crippen molar-refractivity contribution in [3.8, 4) is 5.69 Å². The molecule has 0 aliphatic heterocycles. The van der Waals surface area contributed by atoms with E-state index < -0.39 is 0 Å². The minimum Gasteiger partial charge on any atom is -0.331 e. The average molecular weight is 418 g/mol. The van der Waals surface area contributed by atoms with Crippen molar-refractivity contribution in [1.82, 2.24) is 14.5 Å². The van der Waals surface area contributed by atoms with Gasteiger partial charge in [-0.1, -0.05) is 54.4 Å². The predicted octanol–water partition coefficient (Wildman–Crippen LogP) is 6.04. The van der Waals surface area contributed by atoms with Gasteiger partial charge < -0.3 is 4.90 Å². The van der Waals surface area contributed by atoms with Gasteiger partial charge in [0.05, 0.1) is 17.6 Å². The fourth-order valence-corrected chi connectivity index (χ4v) is 3.89. The summed E-state index contributed by atoms with van der Waals surface area (Å²) in [5.41, 5.74) is 4.56. The number of nitrogens with zero attached hydrogens (tertiary/aromatic N) is 3. The van der Waals surface area contributed by atoms with Crippen LogP contribution < -0.4 is 0 Å². The molecule has 0 unspecified atom stereocenters. The molecule has 0 saturated heterocycles. The topological polar surface area (TPSA) is 38.1 Å². The summed E-state index contributed by atoms with van der Waals surface area (Å²) in [6.45, 7) is 5.16. The smallest absolute Gasteiger partial charge is 0.254 e. The van der Waals surface area contributed by atoms with Crippen molar-refractivity contribution in [2.45, 2.75) is 26.8 Å². The van der Waals surface area contributed by atoms with Gasteiger partial charge in [0, 0.05) is 22.8 Å². The van der Waals surface area contributed by atoms with Crippen LogP contribution in [0, 0.1) is 6.92 Å². The molecular formula is C25H24ClN3O. The van der Waals surface area contributed by atoms with Crippen LogP contribution in [0.25, 0.3) is 16.7 Å². The maximum atomic E-state index is 13.3. The summed E-state index contributed by atoms with van der Waals surface area (Å²) in [5.74, 6) is 0.832. The Morgan fingerprint density at radius 1 is 1.03 bits per heavy atom. The number of rotatable bonds is 6. The normalized spacial score (nSPS) is 11.0. The van der Waals surface area contributed by atoms with E-state index in [1.165, 1.54) is 0 Å². The van der Waals surface area contributed by atoms with E-state index in [0.717, 1.165) is 34.5 Å². The first-order chi connectivity index (χ1) is 14.6. The number of aryl methyl sites for hydroxylation is 1. The van der Waals surface area contributed by atoms with E-state index in [-0.39, 0.29) is 5.91 Å². The number of hydrogen-bond donors (Lipinski definition) is 0. The lowest BCUT2D eigenvalue weighted by Crippen LogP contribution is -2.32. The molecule has 3 aromatic carbocycles. The number of aromatic nitrogens is 2. The van der Waals surface area contributed by atoms with Gasteiger partial charge in [-0.2, -0.15) is 0 Å². The number of halogens is 1. The minimum atomic E-state index is 0.0188. The Kier molecular flexibility index (Phi) is 5.86. The highest BCUT2D eigenvalue weighted by Gasteiger charge is 2.20. The minimum absolute atomic E-state index is 0.0188. The second-order valence-electron chi connectivity index (χ2n) is 7.43. The number of para-hydroxylation sites is 1. The van der Waals surface area contributed by atoms with Crippen LogP contribution in [0.5, 0.6) is 0 Å². The number of fused-ring (bicyclic) bond motifs is 1. The molecule has 30 heavy (non-hydrogen) atoms. The Morgan fingerprint density at radius 3 is 2.57 bits per heavy atom. The van der Waals surface area contributed by atoms with Crippen molar-refractivity contribution in [3.63, 3.8) is 0 Å². The van der Waals surface area contributed by atoms with Crippen LogP contribution >= 0.6 is 11.6 Å². The lowest BCUT2D eigenvalue weighted by atomic mass is 10.1. The molecule has 0 bridgehead atoms. The predicted molar refractivity (Wildman–Crippen MR) is 122 cm³/mol. The second-order valence-corrected chi connectivity index (χ2v) is 7.86. The second kappa shape index (κ2) is 8.72. The summed E-state index contributed by atoms with van der Waals surface area (Å²) >= 11 is 6.28. The zero-order valence-electron chi connectivity index (χ0n) is 17.2. The molecule has 4 nitrogen and oxygen atoms in total. The van der Waals surface area contributed by atoms with Crippen LogP contribution in [0.1, 0.15) is 35.1 Å². The highest BCUT2D eigenvalue weighted by molar-refractivity contribution is 6.31. The molecule has 4 aromatic rings. The molecule has 0 N–H and O–H groups in total. The van der Waals surface area contributed by atoms with Crippen LogP contribution in [0.4, 0.5) is 0 Å². The van der Waals surface area contributed by atoms with Crippen molar-refractivity contribution in [1.29, 1.82) is 0 Å². The lowest BCUT2D eigenvalue weighted by Gasteiger charge is -2.23. The molecule has 0 atom stereocenters. The number of hydrogen-bond acceptors (Lipinski definition) is 2. The van der Waals surface area contributed by atoms with Crippen molar-refractivity contribution in [3.05, 3.63) is 94.8 Å². The Labute approximate surface area is 181 Å². The largest absolute Gasteiger partial charge is 0.331 e. The van der Waals surface area contributed by atoms with Gasteiger partial charge >= 0.3 is 0 Å². The quantitative estimate of drug-likeness (QED) is 0.383. The third kappa shape index (κ3) is 4.10. The highest BCUT2D eigenvalue weighted by atomic mass is 35.5. The zero-order valence-corrected chi connectivity index (χ0v) is 17.9. The molecule has 5 heteroatoms. The lowest BCUT2D eigenvalue weighted by molar-refractivity contribution is 0.0738. The zero-order chi connectivity index (χ0) is 21.1. The molecule has 1 amide bonds. The van der Waals surface area contributed by atoms with Crippen molar-refractivity contribution in [2.75, 3.05) is 6.54 Å². The summed E-state index contributed by atoms with van der Waals surface area (Å²) in [6, 6.07) is 23.5. The Morgan fingerprint density at radius 2 is 1.83 bits per heavy atom. The van der Waals surface area contributed by atoms with Gasteiger partial charge in [-0.3, -0.25) is 9.36 Å². The van der Waals surface area contributed by atoms with Gasteiger partial charge in [0.25, 0.3) is 5.91 Å². The molecule has 0 fully saturated rings. The van der Waals surface area contributed by atoms with Gasteiger partial charge in [0.1, 0.15) is 5.82 Å². The Balaban J connectivity index is 1.78. The van der Waals surface area contributed by atoms with E-state index in [9.17, 15) is 4.79 Å². The number of amides is 1. The van der Waals surface area contributed by atoms with Gasteiger partial charge in [-0.05, 0) is 55.8 Å². The number of imidazole rings is 1. The van der Waals surface area contributed by atoms with E-state index in [1.54, 1.807) is 0 Å². The van der Waals surface area contributed by atoms with E-state index in [0.29, 0.717) is 23.7 Å². The summed E-state index contributed by atoms with van der Waals surface area (Å²) < 4.78 is 2.09. The molecule has 4 rings (SSSR count). The maximum Gasteiger partial charge on any atom is 0.254 e. The standard InChI is InChI=1S/C25H24ClN3O/c1-3-14-28(25(30)19-9-7-8-18(2)15-19)17-24-27-22-13-12-20(26)16-23(22)29(24)21-10-5-4-6-11-21/h4-13,15-16H,3,14,17H2,1-2H3. The maximum absolute atomic E-state index is 13.3. The number of benzene rings is 3. The Hall–Kier alpha value is -3.11. The third-order valence-corrected chi connectivity index (χ3v) is 5.31. The average Bonchev–Trinajstić information content (AvgIpc) is 3.10. The molecule has 0 saturated carbocycles. The van der Waals surface area contributed by atoms with Crippen molar-refractivity contribution in [2.24, 2.45) is 0 Å². The van der Waals surface area contributed by atoms with Crippen LogP contribution in [0.3, 0.4) is 0 Å². The summed E-state index contributed by atoms with van der Waals surface area (Å²) in [7, 11) is 0. The Bertz CT molecular complexity index is 1180. The molecular weight excluding hydrogens is 394 g/mol. The first kappa shape index (κ1) is 20.2. The molecule has 1 aromatic heterocycles. The van der Waals surface area contributed by atoms with E-state index in [2.05, 4.69) is 11.5 Å². The van der Waals surface area contributed by atoms with Crippen LogP contribution in [0.15, 0.2) is 72.8 Å². The first-order valence-corrected chi connectivity index (χ1v) is 10.5. The molecule has 152 valence electrons. The van der Waals surface area contributed by atoms with E-state index >= 15 is 0 Å². The number of carbonyl (C=O) groups is 1. The van der Waals surface area contributed by atoms with Gasteiger partial charge in [-0.15, -0.1) is 0 Å². The summed E-state index contributed by atoms with van der Waals surface area (Å²) in [6.07, 6.45) is 0.870. The van der Waals surface area contributed by atoms with Gasteiger partial charge in [-0.25, -0.2) is 4.98 Å². The molecule has 0 aliphatic rings. The van der Waals surface area contributed by atoms with Crippen LogP contribution in [-0.4, -0.2) is 26.9 Å². The van der Waals surface area contributed by atoms with Crippen LogP contribution in [-0.2, 0) is 6.54 Å². The fraction of sp³-hybridized carbons (Fsp3) is 0.200. The third-order valence-electron chi connectivity index (χ3n) is 5.08. The van der Waals surface area contributed by atoms with Gasteiger partial charge in [0.2, 0.25) is 0 Å². The van der Waals surface area contributed by atoms with E-state index in [1.807, 2.05) is 84.6 Å². The monoisotopic (exact) mass is 417 g/mol. The van der Waals surface area contributed by atoms with Crippen LogP contribution in [0.2, 0.25) is 5.02 Å². The fourth-order valence-electron chi connectivity index (χ4n) is 3.72. The SMILES string of the molecule is CCCN(Cc1nc2ccc(Cl)cc2n1-c1ccccc1)C(=O)c1cccc(C)c1. The van der Waals surface area contributed by atoms with E-state index in [4.69, 9.17) is 16.6 Å².